The molecule has 3 aromatic rings. The normalized spacial score (nSPS) is 11.6. The molecule has 1 heterocycles. The smallest absolute Gasteiger partial charge is 0.427 e. The molecule has 0 aliphatic rings. The maximum Gasteiger partial charge on any atom is 0.427 e. The largest absolute Gasteiger partial charge is 0.488 e. The summed E-state index contributed by atoms with van der Waals surface area (Å²) in [7, 11) is 0. The molecule has 0 amide bonds. The van der Waals surface area contributed by atoms with Crippen LogP contribution in [0.2, 0.25) is 0 Å². The number of aryl methyl sites for hydroxylation is 4. The Morgan fingerprint density at radius 3 is 2.22 bits per heavy atom. The van der Waals surface area contributed by atoms with Gasteiger partial charge in [-0.1, -0.05) is 48.9 Å². The van der Waals surface area contributed by atoms with Gasteiger partial charge in [0.05, 0.1) is 5.69 Å². The Balaban J connectivity index is 1.91. The van der Waals surface area contributed by atoms with Crippen LogP contribution in [0.5, 0.6) is 5.75 Å². The summed E-state index contributed by atoms with van der Waals surface area (Å²) in [5.74, 6) is 0.621. The van der Waals surface area contributed by atoms with Gasteiger partial charge in [0.1, 0.15) is 17.2 Å². The van der Waals surface area contributed by atoms with Crippen LogP contribution in [0.25, 0.3) is 11.3 Å². The molecule has 6 heteroatoms. The van der Waals surface area contributed by atoms with Crippen LogP contribution in [0.1, 0.15) is 53.0 Å². The van der Waals surface area contributed by atoms with Crippen LogP contribution in [0.4, 0.5) is 13.2 Å². The van der Waals surface area contributed by atoms with Crippen molar-refractivity contribution in [3.8, 4) is 17.0 Å². The summed E-state index contributed by atoms with van der Waals surface area (Å²) in [6, 6.07) is 11.6. The molecule has 0 bridgehead atoms. The first-order valence-corrected chi connectivity index (χ1v) is 11.4. The number of hydrogen-bond donors (Lipinski definition) is 0. The maximum atomic E-state index is 13.7. The summed E-state index contributed by atoms with van der Waals surface area (Å²) in [4.78, 5) is -0.708. The number of aromatic nitrogens is 1. The Morgan fingerprint density at radius 1 is 1.06 bits per heavy atom. The Bertz CT molecular complexity index is 1070. The molecule has 0 unspecified atom stereocenters. The molecule has 170 valence electrons. The highest BCUT2D eigenvalue weighted by Crippen LogP contribution is 2.40. The molecule has 0 saturated carbocycles. The third-order valence-electron chi connectivity index (χ3n) is 5.40. The van der Waals surface area contributed by atoms with Crippen LogP contribution < -0.4 is 4.74 Å². The molecule has 3 rings (SSSR count). The molecule has 0 N–H and O–H groups in total. The number of alkyl halides is 3. The molecular formula is C26H28F3NOS. The molecule has 0 radical (unpaired) electrons. The Hall–Kier alpha value is -2.60. The molecular weight excluding hydrogens is 431 g/mol. The van der Waals surface area contributed by atoms with Crippen LogP contribution in [-0.4, -0.2) is 4.37 Å². The lowest BCUT2D eigenvalue weighted by molar-refractivity contribution is -0.135. The molecule has 0 fully saturated rings. The van der Waals surface area contributed by atoms with Crippen molar-refractivity contribution < 1.29 is 17.9 Å². The fourth-order valence-corrected chi connectivity index (χ4v) is 4.47. The number of halogens is 3. The van der Waals surface area contributed by atoms with Crippen molar-refractivity contribution in [1.82, 2.24) is 4.37 Å². The highest BCUT2D eigenvalue weighted by molar-refractivity contribution is 7.06. The van der Waals surface area contributed by atoms with Gasteiger partial charge in [-0.3, -0.25) is 0 Å². The van der Waals surface area contributed by atoms with Crippen molar-refractivity contribution in [2.24, 2.45) is 0 Å². The van der Waals surface area contributed by atoms with E-state index in [1.54, 1.807) is 0 Å². The van der Waals surface area contributed by atoms with Crippen molar-refractivity contribution in [3.63, 3.8) is 0 Å². The van der Waals surface area contributed by atoms with E-state index in [9.17, 15) is 13.2 Å². The summed E-state index contributed by atoms with van der Waals surface area (Å²) in [5, 5.41) is 0. The van der Waals surface area contributed by atoms with Crippen LogP contribution in [-0.2, 0) is 25.6 Å². The summed E-state index contributed by atoms with van der Waals surface area (Å²) in [5.41, 5.74) is 6.30. The fourth-order valence-electron chi connectivity index (χ4n) is 3.71. The highest BCUT2D eigenvalue weighted by atomic mass is 32.1. The number of hydrogen-bond acceptors (Lipinski definition) is 3. The van der Waals surface area contributed by atoms with Gasteiger partial charge in [-0.05, 0) is 73.8 Å². The van der Waals surface area contributed by atoms with E-state index in [4.69, 9.17) is 4.74 Å². The van der Waals surface area contributed by atoms with Gasteiger partial charge < -0.3 is 4.74 Å². The Labute approximate surface area is 191 Å². The molecule has 1 aromatic heterocycles. The van der Waals surface area contributed by atoms with Crippen LogP contribution in [0.3, 0.4) is 0 Å². The molecule has 0 saturated heterocycles. The first-order chi connectivity index (χ1) is 15.1. The first kappa shape index (κ1) is 24.1. The van der Waals surface area contributed by atoms with Crippen LogP contribution in [0, 0.1) is 13.8 Å². The quantitative estimate of drug-likeness (QED) is 0.318. The van der Waals surface area contributed by atoms with Gasteiger partial charge in [-0.15, -0.1) is 6.58 Å². The summed E-state index contributed by atoms with van der Waals surface area (Å²) in [6.45, 7) is 11.6. The number of allylic oxidation sites excluding steroid dienone is 1. The lowest BCUT2D eigenvalue weighted by Crippen LogP contribution is -2.09. The topological polar surface area (TPSA) is 22.1 Å². The van der Waals surface area contributed by atoms with Gasteiger partial charge in [0.25, 0.3) is 0 Å². The average Bonchev–Trinajstić information content (AvgIpc) is 3.16. The number of ether oxygens (including phenoxy) is 1. The molecule has 0 atom stereocenters. The van der Waals surface area contributed by atoms with Gasteiger partial charge in [0.2, 0.25) is 0 Å². The minimum atomic E-state index is -4.48. The molecule has 0 aliphatic carbocycles. The van der Waals surface area contributed by atoms with E-state index in [0.717, 1.165) is 41.5 Å². The standard InChI is InChI=1S/C26H28F3NOS/c1-6-19-9-11-21(12-10-19)23-22(25(32-30-23)26(27,28)29)15-31-24-17(4)13-20(14-18(24)5)8-7-16(2)3/h9-14H,2,6-8,15H2,1,3-5H3. The number of nitrogens with zero attached hydrogens (tertiary/aromatic N) is 1. The van der Waals surface area contributed by atoms with E-state index < -0.39 is 11.1 Å². The van der Waals surface area contributed by atoms with Gasteiger partial charge in [-0.2, -0.15) is 17.5 Å². The lowest BCUT2D eigenvalue weighted by Gasteiger charge is -2.16. The van der Waals surface area contributed by atoms with Crippen molar-refractivity contribution in [1.29, 1.82) is 0 Å². The zero-order valence-electron chi connectivity index (χ0n) is 18.9. The maximum absolute atomic E-state index is 13.7. The second kappa shape index (κ2) is 9.90. The number of rotatable bonds is 8. The van der Waals surface area contributed by atoms with E-state index in [-0.39, 0.29) is 12.2 Å². The van der Waals surface area contributed by atoms with Gasteiger partial charge in [0, 0.05) is 11.1 Å². The summed E-state index contributed by atoms with van der Waals surface area (Å²) < 4.78 is 51.2. The van der Waals surface area contributed by atoms with Crippen LogP contribution >= 0.6 is 11.5 Å². The van der Waals surface area contributed by atoms with E-state index in [1.807, 2.05) is 64.1 Å². The van der Waals surface area contributed by atoms with Crippen molar-refractivity contribution in [2.45, 2.75) is 59.7 Å². The van der Waals surface area contributed by atoms with E-state index in [0.29, 0.717) is 28.5 Å². The summed E-state index contributed by atoms with van der Waals surface area (Å²) >= 11 is 0.480. The second-order valence-electron chi connectivity index (χ2n) is 8.19. The zero-order valence-corrected chi connectivity index (χ0v) is 19.7. The zero-order chi connectivity index (χ0) is 23.5. The lowest BCUT2D eigenvalue weighted by atomic mass is 10.0. The van der Waals surface area contributed by atoms with Gasteiger partial charge in [0.15, 0.2) is 0 Å². The van der Waals surface area contributed by atoms with Crippen molar-refractivity contribution in [3.05, 3.63) is 81.2 Å². The minimum Gasteiger partial charge on any atom is -0.488 e. The molecule has 32 heavy (non-hydrogen) atoms. The Morgan fingerprint density at radius 2 is 1.69 bits per heavy atom. The molecule has 2 aromatic carbocycles. The van der Waals surface area contributed by atoms with E-state index in [2.05, 4.69) is 11.0 Å². The van der Waals surface area contributed by atoms with E-state index >= 15 is 0 Å². The fraction of sp³-hybridized carbons (Fsp3) is 0.346. The number of benzene rings is 2. The summed E-state index contributed by atoms with van der Waals surface area (Å²) in [6.07, 6.45) is -1.84. The third kappa shape index (κ3) is 5.60. The highest BCUT2D eigenvalue weighted by Gasteiger charge is 2.38. The van der Waals surface area contributed by atoms with Crippen molar-refractivity contribution >= 4 is 11.5 Å². The van der Waals surface area contributed by atoms with E-state index in [1.165, 1.54) is 5.56 Å². The SMILES string of the molecule is C=C(C)CCc1cc(C)c(OCc2c(-c3ccc(CC)cc3)nsc2C(F)(F)F)c(C)c1. The second-order valence-corrected chi connectivity index (χ2v) is 8.97. The van der Waals surface area contributed by atoms with Crippen molar-refractivity contribution in [2.75, 3.05) is 0 Å². The van der Waals surface area contributed by atoms with Crippen LogP contribution in [0.15, 0.2) is 48.6 Å². The monoisotopic (exact) mass is 459 g/mol. The predicted molar refractivity (Wildman–Crippen MR) is 125 cm³/mol. The first-order valence-electron chi connectivity index (χ1n) is 10.6. The molecule has 0 spiro atoms. The average molecular weight is 460 g/mol. The van der Waals surface area contributed by atoms with Gasteiger partial charge in [-0.25, -0.2) is 0 Å². The minimum absolute atomic E-state index is 0.0805. The molecule has 0 aliphatic heterocycles. The molecule has 2 nitrogen and oxygen atoms in total. The van der Waals surface area contributed by atoms with Gasteiger partial charge >= 0.3 is 6.18 Å². The Kier molecular flexibility index (Phi) is 7.44. The third-order valence-corrected chi connectivity index (χ3v) is 6.34. The predicted octanol–water partition coefficient (Wildman–Crippen LogP) is 8.10.